The van der Waals surface area contributed by atoms with Crippen molar-refractivity contribution in [2.75, 3.05) is 5.75 Å². The molecule has 0 saturated carbocycles. The van der Waals surface area contributed by atoms with Crippen LogP contribution in [0.25, 0.3) is 0 Å². The highest BCUT2D eigenvalue weighted by Gasteiger charge is 2.21. The summed E-state index contributed by atoms with van der Waals surface area (Å²) in [6, 6.07) is 8.62. The summed E-state index contributed by atoms with van der Waals surface area (Å²) in [5.74, 6) is 1.87. The molecule has 0 spiro atoms. The molecule has 1 heterocycles. The van der Waals surface area contributed by atoms with Gasteiger partial charge >= 0.3 is 0 Å². The summed E-state index contributed by atoms with van der Waals surface area (Å²) < 4.78 is 0. The third kappa shape index (κ3) is 2.01. The Bertz CT molecular complexity index is 322. The first-order valence-corrected chi connectivity index (χ1v) is 6.05. The van der Waals surface area contributed by atoms with Gasteiger partial charge in [-0.25, -0.2) is 0 Å². The van der Waals surface area contributed by atoms with Gasteiger partial charge in [-0.15, -0.1) is 11.8 Å². The molecule has 1 atom stereocenters. The lowest BCUT2D eigenvalue weighted by Crippen LogP contribution is -1.96. The fourth-order valence-electron chi connectivity index (χ4n) is 1.92. The fourth-order valence-corrected chi connectivity index (χ4v) is 3.22. The highest BCUT2D eigenvalue weighted by molar-refractivity contribution is 7.99. The second-order valence-corrected chi connectivity index (χ2v) is 4.71. The average molecular weight is 206 g/mol. The summed E-state index contributed by atoms with van der Waals surface area (Å²) in [5.41, 5.74) is 1.49. The molecule has 0 saturated heterocycles. The summed E-state index contributed by atoms with van der Waals surface area (Å²) in [7, 11) is 0. The van der Waals surface area contributed by atoms with Crippen LogP contribution in [-0.4, -0.2) is 12.0 Å². The number of thioether (sulfide) groups is 1. The van der Waals surface area contributed by atoms with Crippen molar-refractivity contribution in [3.05, 3.63) is 29.8 Å². The summed E-state index contributed by atoms with van der Waals surface area (Å²) >= 11 is 1.95. The van der Waals surface area contributed by atoms with Gasteiger partial charge in [-0.05, 0) is 30.4 Å². The molecule has 0 aliphatic carbocycles. The Morgan fingerprint density at radius 1 is 1.43 bits per heavy atom. The molecule has 2 rings (SSSR count). The Morgan fingerprint density at radius 2 is 2.29 bits per heavy atom. The summed E-state index contributed by atoms with van der Waals surface area (Å²) in [4.78, 5) is 11.7. The molecule has 2 heteroatoms. The molecule has 14 heavy (non-hydrogen) atoms. The van der Waals surface area contributed by atoms with Crippen molar-refractivity contribution >= 4 is 18.0 Å². The van der Waals surface area contributed by atoms with Crippen molar-refractivity contribution < 1.29 is 4.79 Å². The molecule has 0 aromatic heterocycles. The first-order valence-electron chi connectivity index (χ1n) is 5.07. The second kappa shape index (κ2) is 4.65. The van der Waals surface area contributed by atoms with Crippen molar-refractivity contribution in [2.24, 2.45) is 0 Å². The molecule has 1 nitrogen and oxygen atoms in total. The van der Waals surface area contributed by atoms with E-state index in [4.69, 9.17) is 0 Å². The maximum Gasteiger partial charge on any atom is 0.119 e. The number of hydrogen-bond donors (Lipinski definition) is 0. The highest BCUT2D eigenvalue weighted by Crippen LogP contribution is 2.41. The van der Waals surface area contributed by atoms with Gasteiger partial charge in [0.2, 0.25) is 0 Å². The molecule has 1 unspecified atom stereocenters. The number of aldehydes is 1. The topological polar surface area (TPSA) is 17.1 Å². The van der Waals surface area contributed by atoms with Crippen LogP contribution in [0.5, 0.6) is 0 Å². The number of unbranched alkanes of at least 4 members (excludes halogenated alkanes) is 1. The predicted molar refractivity (Wildman–Crippen MR) is 59.8 cm³/mol. The van der Waals surface area contributed by atoms with E-state index in [0.29, 0.717) is 12.3 Å². The highest BCUT2D eigenvalue weighted by atomic mass is 32.2. The molecule has 0 radical (unpaired) electrons. The van der Waals surface area contributed by atoms with Gasteiger partial charge in [0, 0.05) is 17.1 Å². The molecule has 0 fully saturated rings. The van der Waals surface area contributed by atoms with Crippen LogP contribution in [0.1, 0.15) is 30.7 Å². The van der Waals surface area contributed by atoms with E-state index < -0.39 is 0 Å². The zero-order chi connectivity index (χ0) is 9.80. The lowest BCUT2D eigenvalue weighted by molar-refractivity contribution is -0.107. The minimum atomic E-state index is 0.677. The predicted octanol–water partition coefficient (Wildman–Crippen LogP) is 3.25. The van der Waals surface area contributed by atoms with E-state index in [1.807, 2.05) is 11.8 Å². The lowest BCUT2D eigenvalue weighted by atomic mass is 9.96. The van der Waals surface area contributed by atoms with Gasteiger partial charge in [0.15, 0.2) is 0 Å². The van der Waals surface area contributed by atoms with E-state index in [2.05, 4.69) is 24.3 Å². The van der Waals surface area contributed by atoms with Crippen LogP contribution in [0, 0.1) is 0 Å². The SMILES string of the molecule is O=CCCCC1CSc2ccccc21. The molecule has 1 aromatic rings. The number of rotatable bonds is 4. The van der Waals surface area contributed by atoms with Crippen LogP contribution in [0.15, 0.2) is 29.2 Å². The number of benzene rings is 1. The van der Waals surface area contributed by atoms with E-state index in [1.54, 1.807) is 0 Å². The maximum atomic E-state index is 10.2. The van der Waals surface area contributed by atoms with Crippen molar-refractivity contribution in [1.29, 1.82) is 0 Å². The van der Waals surface area contributed by atoms with Crippen molar-refractivity contribution in [3.8, 4) is 0 Å². The van der Waals surface area contributed by atoms with E-state index >= 15 is 0 Å². The van der Waals surface area contributed by atoms with Crippen molar-refractivity contribution in [1.82, 2.24) is 0 Å². The third-order valence-corrected chi connectivity index (χ3v) is 3.93. The zero-order valence-corrected chi connectivity index (χ0v) is 8.93. The second-order valence-electron chi connectivity index (χ2n) is 3.64. The number of hydrogen-bond acceptors (Lipinski definition) is 2. The van der Waals surface area contributed by atoms with Crippen LogP contribution < -0.4 is 0 Å². The van der Waals surface area contributed by atoms with Gasteiger partial charge in [0.1, 0.15) is 6.29 Å². The number of carbonyl (C=O) groups is 1. The quantitative estimate of drug-likeness (QED) is 0.555. The fraction of sp³-hybridized carbons (Fsp3) is 0.417. The molecule has 74 valence electrons. The summed E-state index contributed by atoms with van der Waals surface area (Å²) in [5, 5.41) is 0. The number of carbonyl (C=O) groups excluding carboxylic acids is 1. The Kier molecular flexibility index (Phi) is 3.25. The van der Waals surface area contributed by atoms with E-state index in [1.165, 1.54) is 16.2 Å². The molecular formula is C12H14OS. The van der Waals surface area contributed by atoms with Gasteiger partial charge in [0.25, 0.3) is 0 Å². The Morgan fingerprint density at radius 3 is 3.14 bits per heavy atom. The third-order valence-electron chi connectivity index (χ3n) is 2.67. The molecule has 1 aliphatic rings. The molecule has 1 aliphatic heterocycles. The van der Waals surface area contributed by atoms with Crippen LogP contribution in [0.4, 0.5) is 0 Å². The molecular weight excluding hydrogens is 192 g/mol. The van der Waals surface area contributed by atoms with E-state index in [0.717, 1.165) is 19.1 Å². The lowest BCUT2D eigenvalue weighted by Gasteiger charge is -2.08. The minimum absolute atomic E-state index is 0.677. The summed E-state index contributed by atoms with van der Waals surface area (Å²) in [6.45, 7) is 0. The minimum Gasteiger partial charge on any atom is -0.303 e. The molecule has 0 amide bonds. The molecule has 0 N–H and O–H groups in total. The average Bonchev–Trinajstić information content (AvgIpc) is 2.63. The monoisotopic (exact) mass is 206 g/mol. The first-order chi connectivity index (χ1) is 6.92. The van der Waals surface area contributed by atoms with Gasteiger partial charge in [-0.1, -0.05) is 18.2 Å². The first kappa shape index (κ1) is 9.78. The van der Waals surface area contributed by atoms with Crippen LogP contribution in [-0.2, 0) is 4.79 Å². The normalized spacial score (nSPS) is 19.3. The molecule has 0 bridgehead atoms. The van der Waals surface area contributed by atoms with Gasteiger partial charge in [0.05, 0.1) is 0 Å². The molecule has 1 aromatic carbocycles. The van der Waals surface area contributed by atoms with Crippen molar-refractivity contribution in [2.45, 2.75) is 30.1 Å². The van der Waals surface area contributed by atoms with Crippen LogP contribution in [0.3, 0.4) is 0 Å². The maximum absolute atomic E-state index is 10.2. The zero-order valence-electron chi connectivity index (χ0n) is 8.11. The Labute approximate surface area is 88.9 Å². The Hall–Kier alpha value is -0.760. The van der Waals surface area contributed by atoms with Crippen molar-refractivity contribution in [3.63, 3.8) is 0 Å². The largest absolute Gasteiger partial charge is 0.303 e. The van der Waals surface area contributed by atoms with E-state index in [9.17, 15) is 4.79 Å². The van der Waals surface area contributed by atoms with Gasteiger partial charge in [-0.2, -0.15) is 0 Å². The van der Waals surface area contributed by atoms with Crippen LogP contribution in [0.2, 0.25) is 0 Å². The van der Waals surface area contributed by atoms with Gasteiger partial charge < -0.3 is 4.79 Å². The smallest absolute Gasteiger partial charge is 0.119 e. The van der Waals surface area contributed by atoms with E-state index in [-0.39, 0.29) is 0 Å². The number of fused-ring (bicyclic) bond motifs is 1. The van der Waals surface area contributed by atoms with Gasteiger partial charge in [-0.3, -0.25) is 0 Å². The Balaban J connectivity index is 1.99. The summed E-state index contributed by atoms with van der Waals surface area (Å²) in [6.07, 6.45) is 3.92. The standard InChI is InChI=1S/C12H14OS/c13-8-4-3-5-10-9-14-12-7-2-1-6-11(10)12/h1-2,6-8,10H,3-5,9H2. The van der Waals surface area contributed by atoms with Crippen LogP contribution >= 0.6 is 11.8 Å².